The molecule has 114 valence electrons. The molecule has 6 aliphatic heterocycles. The number of carbonyl (C=O) groups excluding carboxylic acids is 3. The molecular formula is C9H6O12. The standard InChI is InChI=1S/C9H6O12/c10-1-6-2(11)18-8-5(14)17-7(21-8,3(12)16-6)4(13)19-9(8,15)20-6/h4,10,13,15H,1H2. The molecule has 6 heterocycles. The fraction of sp³-hybridized carbons (Fsp3) is 0.667. The second-order valence-corrected chi connectivity index (χ2v) is 4.62. The lowest BCUT2D eigenvalue weighted by Crippen LogP contribution is -2.81. The summed E-state index contributed by atoms with van der Waals surface area (Å²) < 4.78 is 27.9. The van der Waals surface area contributed by atoms with Crippen LogP contribution in [-0.4, -0.2) is 69.5 Å². The maximum atomic E-state index is 12.0. The lowest BCUT2D eigenvalue weighted by molar-refractivity contribution is -0.586. The first-order valence-corrected chi connectivity index (χ1v) is 5.53. The highest BCUT2D eigenvalue weighted by atomic mass is 17.0. The third kappa shape index (κ3) is 1.09. The summed E-state index contributed by atoms with van der Waals surface area (Å²) in [6.45, 7) is -1.26. The minimum atomic E-state index is -3.19. The van der Waals surface area contributed by atoms with Crippen molar-refractivity contribution < 1.29 is 58.1 Å². The zero-order valence-electron chi connectivity index (χ0n) is 9.80. The first kappa shape index (κ1) is 12.9. The fourth-order valence-electron chi connectivity index (χ4n) is 2.37. The Labute approximate surface area is 113 Å². The van der Waals surface area contributed by atoms with Crippen LogP contribution in [-0.2, 0) is 42.8 Å². The molecule has 12 heteroatoms. The van der Waals surface area contributed by atoms with Crippen LogP contribution in [0.5, 0.6) is 0 Å². The van der Waals surface area contributed by atoms with Crippen molar-refractivity contribution in [1.82, 2.24) is 0 Å². The van der Waals surface area contributed by atoms with Gasteiger partial charge in [0, 0.05) is 0 Å². The van der Waals surface area contributed by atoms with Crippen molar-refractivity contribution in [3.8, 4) is 0 Å². The normalized spacial score (nSPS) is 53.9. The van der Waals surface area contributed by atoms with Gasteiger partial charge in [0.1, 0.15) is 6.61 Å². The largest absolute Gasteiger partial charge is 0.414 e. The SMILES string of the molecule is O=C1OC23OC4(OC2=O)C(=O)OC1(CO)OC3(O)OC4O. The summed E-state index contributed by atoms with van der Waals surface area (Å²) in [7, 11) is 0. The van der Waals surface area contributed by atoms with E-state index in [0.717, 1.165) is 0 Å². The first-order valence-electron chi connectivity index (χ1n) is 5.53. The molecular weight excluding hydrogens is 300 g/mol. The van der Waals surface area contributed by atoms with Crippen molar-refractivity contribution in [3.63, 3.8) is 0 Å². The molecule has 0 radical (unpaired) electrons. The first-order chi connectivity index (χ1) is 9.74. The summed E-state index contributed by atoms with van der Waals surface area (Å²) in [6, 6.07) is 0. The molecule has 21 heavy (non-hydrogen) atoms. The molecule has 0 saturated carbocycles. The summed E-state index contributed by atoms with van der Waals surface area (Å²) in [6.07, 6.45) is -2.33. The molecule has 0 amide bonds. The van der Waals surface area contributed by atoms with Crippen LogP contribution in [0.1, 0.15) is 0 Å². The Morgan fingerprint density at radius 1 is 1.00 bits per heavy atom. The lowest BCUT2D eigenvalue weighted by Gasteiger charge is -2.53. The van der Waals surface area contributed by atoms with Crippen molar-refractivity contribution in [2.45, 2.75) is 29.6 Å². The van der Waals surface area contributed by atoms with E-state index in [2.05, 4.69) is 18.9 Å². The quantitative estimate of drug-likeness (QED) is 0.316. The van der Waals surface area contributed by atoms with Gasteiger partial charge in [0.05, 0.1) is 0 Å². The van der Waals surface area contributed by atoms with Gasteiger partial charge < -0.3 is 29.5 Å². The van der Waals surface area contributed by atoms with E-state index < -0.39 is 54.1 Å². The number of hydrogen-bond donors (Lipinski definition) is 3. The highest BCUT2D eigenvalue weighted by molar-refractivity contribution is 5.96. The molecule has 12 nitrogen and oxygen atoms in total. The van der Waals surface area contributed by atoms with Crippen LogP contribution in [0.2, 0.25) is 0 Å². The summed E-state index contributed by atoms with van der Waals surface area (Å²) >= 11 is 0. The lowest BCUT2D eigenvalue weighted by atomic mass is 10.1. The smallest absolute Gasteiger partial charge is 0.401 e. The molecule has 2 spiro atoms. The van der Waals surface area contributed by atoms with E-state index in [1.54, 1.807) is 0 Å². The Balaban J connectivity index is 2.01. The van der Waals surface area contributed by atoms with Crippen LogP contribution in [0.15, 0.2) is 0 Å². The van der Waals surface area contributed by atoms with Crippen LogP contribution in [0.25, 0.3) is 0 Å². The minimum Gasteiger partial charge on any atom is -0.414 e. The zero-order valence-corrected chi connectivity index (χ0v) is 9.80. The summed E-state index contributed by atoms with van der Waals surface area (Å²) in [5.41, 5.74) is 0. The maximum Gasteiger partial charge on any atom is 0.401 e. The predicted molar refractivity (Wildman–Crippen MR) is 47.8 cm³/mol. The van der Waals surface area contributed by atoms with Crippen molar-refractivity contribution in [2.24, 2.45) is 0 Å². The number of aliphatic hydroxyl groups excluding tert-OH is 2. The number of hydrogen-bond acceptors (Lipinski definition) is 12. The third-order valence-electron chi connectivity index (χ3n) is 3.42. The monoisotopic (exact) mass is 306 g/mol. The van der Waals surface area contributed by atoms with Crippen molar-refractivity contribution >= 4 is 17.9 Å². The summed E-state index contributed by atoms with van der Waals surface area (Å²) in [5.74, 6) is -16.5. The Bertz CT molecular complexity index is 602. The minimum absolute atomic E-state index is 1.26. The van der Waals surface area contributed by atoms with Crippen LogP contribution in [0.4, 0.5) is 0 Å². The maximum absolute atomic E-state index is 12.0. The van der Waals surface area contributed by atoms with Crippen molar-refractivity contribution in [1.29, 1.82) is 0 Å². The molecule has 0 aromatic rings. The number of rotatable bonds is 1. The van der Waals surface area contributed by atoms with Gasteiger partial charge in [-0.2, -0.15) is 0 Å². The summed E-state index contributed by atoms with van der Waals surface area (Å²) in [5, 5.41) is 29.2. The van der Waals surface area contributed by atoms with Gasteiger partial charge in [-0.3, -0.25) is 14.2 Å². The molecule has 5 unspecified atom stereocenters. The van der Waals surface area contributed by atoms with Gasteiger partial charge in [0.25, 0.3) is 0 Å². The van der Waals surface area contributed by atoms with E-state index >= 15 is 0 Å². The van der Waals surface area contributed by atoms with Crippen LogP contribution >= 0.6 is 0 Å². The second-order valence-electron chi connectivity index (χ2n) is 4.62. The highest BCUT2D eigenvalue weighted by Crippen LogP contribution is 2.56. The number of ether oxygens (including phenoxy) is 6. The number of carbonyl (C=O) groups is 3. The third-order valence-corrected chi connectivity index (χ3v) is 3.42. The number of aliphatic hydroxyl groups is 3. The molecule has 3 N–H and O–H groups in total. The van der Waals surface area contributed by atoms with Gasteiger partial charge >= 0.3 is 41.2 Å². The topological polar surface area (TPSA) is 167 Å². The molecule has 4 bridgehead atoms. The molecule has 6 aliphatic rings. The van der Waals surface area contributed by atoms with Crippen molar-refractivity contribution in [3.05, 3.63) is 0 Å². The summed E-state index contributed by atoms with van der Waals surface area (Å²) in [4.78, 5) is 35.8. The van der Waals surface area contributed by atoms with Gasteiger partial charge in [-0.15, -0.1) is 0 Å². The van der Waals surface area contributed by atoms with E-state index in [1.165, 1.54) is 0 Å². The molecule has 0 aromatic carbocycles. The molecule has 0 aromatic heterocycles. The Hall–Kier alpha value is -1.83. The van der Waals surface area contributed by atoms with Gasteiger partial charge in [-0.05, 0) is 0 Å². The average Bonchev–Trinajstić information content (AvgIpc) is 2.69. The van der Waals surface area contributed by atoms with Gasteiger partial charge in [-0.25, -0.2) is 14.4 Å². The van der Waals surface area contributed by atoms with E-state index in [9.17, 15) is 29.7 Å². The van der Waals surface area contributed by atoms with Gasteiger partial charge in [0.2, 0.25) is 6.29 Å². The second kappa shape index (κ2) is 3.16. The van der Waals surface area contributed by atoms with Crippen LogP contribution in [0, 0.1) is 0 Å². The highest BCUT2D eigenvalue weighted by Gasteiger charge is 2.89. The van der Waals surface area contributed by atoms with Crippen LogP contribution in [0.3, 0.4) is 0 Å². The molecule has 6 saturated heterocycles. The van der Waals surface area contributed by atoms with Crippen molar-refractivity contribution in [2.75, 3.05) is 6.61 Å². The van der Waals surface area contributed by atoms with Gasteiger partial charge in [0.15, 0.2) is 0 Å². The van der Waals surface area contributed by atoms with E-state index in [1.807, 2.05) is 0 Å². The number of esters is 3. The molecule has 6 fully saturated rings. The van der Waals surface area contributed by atoms with Crippen LogP contribution < -0.4 is 0 Å². The Kier molecular flexibility index (Phi) is 1.94. The fourth-order valence-corrected chi connectivity index (χ4v) is 2.37. The van der Waals surface area contributed by atoms with Gasteiger partial charge in [-0.1, -0.05) is 0 Å². The molecule has 5 atom stereocenters. The average molecular weight is 306 g/mol. The van der Waals surface area contributed by atoms with E-state index in [0.29, 0.717) is 0 Å². The predicted octanol–water partition coefficient (Wildman–Crippen LogP) is -4.23. The molecule has 0 aliphatic carbocycles. The molecule has 6 rings (SSSR count). The Morgan fingerprint density at radius 3 is 2.38 bits per heavy atom. The van der Waals surface area contributed by atoms with E-state index in [-0.39, 0.29) is 0 Å². The zero-order chi connectivity index (χ0) is 15.3. The van der Waals surface area contributed by atoms with E-state index in [4.69, 9.17) is 9.47 Å². The number of fused-ring (bicyclic) bond motifs is 2. The Morgan fingerprint density at radius 2 is 1.71 bits per heavy atom.